The summed E-state index contributed by atoms with van der Waals surface area (Å²) in [6, 6.07) is 5.86. The van der Waals surface area contributed by atoms with E-state index in [9.17, 15) is 5.11 Å². The van der Waals surface area contributed by atoms with Crippen LogP contribution in [-0.2, 0) is 0 Å². The second kappa shape index (κ2) is 5.17. The topological polar surface area (TPSA) is 80.9 Å². The Morgan fingerprint density at radius 2 is 2.14 bits per heavy atom. The molecule has 0 spiro atoms. The molecule has 1 aromatic carbocycles. The number of nitrogens with zero attached hydrogens (tertiary/aromatic N) is 3. The molecule has 1 saturated heterocycles. The van der Waals surface area contributed by atoms with Crippen molar-refractivity contribution >= 4 is 5.95 Å². The maximum Gasteiger partial charge on any atom is 0.266 e. The van der Waals surface area contributed by atoms with Gasteiger partial charge < -0.3 is 24.0 Å². The molecular formula is C15H17N3O4. The van der Waals surface area contributed by atoms with Gasteiger partial charge in [0.2, 0.25) is 12.7 Å². The van der Waals surface area contributed by atoms with E-state index in [-0.39, 0.29) is 12.7 Å². The minimum Gasteiger partial charge on any atom is -0.454 e. The van der Waals surface area contributed by atoms with Crippen molar-refractivity contribution in [2.24, 2.45) is 0 Å². The fourth-order valence-corrected chi connectivity index (χ4v) is 3.06. The zero-order valence-electron chi connectivity index (χ0n) is 12.2. The molecule has 4 rings (SSSR count). The number of aryl methyl sites for hydroxylation is 1. The van der Waals surface area contributed by atoms with Gasteiger partial charge in [0.15, 0.2) is 11.5 Å². The SMILES string of the molecule is Cc1nc(N2CC[C@@H](c3ccc4c(c3)OCO4)[C@H](O)C2)no1. The highest BCUT2D eigenvalue weighted by molar-refractivity contribution is 5.46. The van der Waals surface area contributed by atoms with Crippen LogP contribution in [0.3, 0.4) is 0 Å². The molecule has 3 heterocycles. The fraction of sp³-hybridized carbons (Fsp3) is 0.467. The summed E-state index contributed by atoms with van der Waals surface area (Å²) in [6.07, 6.45) is 0.321. The highest BCUT2D eigenvalue weighted by Gasteiger charge is 2.31. The molecule has 1 fully saturated rings. The minimum absolute atomic E-state index is 0.0683. The molecule has 2 aliphatic heterocycles. The summed E-state index contributed by atoms with van der Waals surface area (Å²) in [5, 5.41) is 14.4. The first-order chi connectivity index (χ1) is 10.7. The lowest BCUT2D eigenvalue weighted by Gasteiger charge is -2.35. The summed E-state index contributed by atoms with van der Waals surface area (Å²) in [5.41, 5.74) is 1.07. The number of hydrogen-bond acceptors (Lipinski definition) is 7. The Hall–Kier alpha value is -2.28. The number of benzene rings is 1. The third-order valence-corrected chi connectivity index (χ3v) is 4.21. The van der Waals surface area contributed by atoms with Crippen molar-refractivity contribution in [3.63, 3.8) is 0 Å². The predicted octanol–water partition coefficient (Wildman–Crippen LogP) is 1.46. The molecule has 2 aliphatic rings. The number of ether oxygens (including phenoxy) is 2. The van der Waals surface area contributed by atoms with E-state index < -0.39 is 6.10 Å². The van der Waals surface area contributed by atoms with Crippen LogP contribution in [0.25, 0.3) is 0 Å². The van der Waals surface area contributed by atoms with Crippen molar-refractivity contribution in [1.29, 1.82) is 0 Å². The summed E-state index contributed by atoms with van der Waals surface area (Å²) in [7, 11) is 0. The van der Waals surface area contributed by atoms with Gasteiger partial charge in [0.05, 0.1) is 6.10 Å². The van der Waals surface area contributed by atoms with Crippen molar-refractivity contribution in [1.82, 2.24) is 10.1 Å². The van der Waals surface area contributed by atoms with E-state index in [0.717, 1.165) is 30.0 Å². The van der Waals surface area contributed by atoms with Crippen molar-refractivity contribution in [3.8, 4) is 11.5 Å². The third kappa shape index (κ3) is 2.27. The maximum absolute atomic E-state index is 10.5. The molecule has 2 atom stereocenters. The molecule has 0 unspecified atom stereocenters. The molecule has 0 saturated carbocycles. The van der Waals surface area contributed by atoms with Crippen molar-refractivity contribution < 1.29 is 19.1 Å². The van der Waals surface area contributed by atoms with Crippen LogP contribution in [0.15, 0.2) is 22.7 Å². The van der Waals surface area contributed by atoms with Crippen LogP contribution in [0.2, 0.25) is 0 Å². The van der Waals surface area contributed by atoms with Crippen LogP contribution >= 0.6 is 0 Å². The molecule has 0 radical (unpaired) electrons. The summed E-state index contributed by atoms with van der Waals surface area (Å²) < 4.78 is 15.7. The first-order valence-corrected chi connectivity index (χ1v) is 7.33. The van der Waals surface area contributed by atoms with Gasteiger partial charge in [0, 0.05) is 25.9 Å². The van der Waals surface area contributed by atoms with Crippen LogP contribution in [0.4, 0.5) is 5.95 Å². The van der Waals surface area contributed by atoms with Gasteiger partial charge in [-0.15, -0.1) is 0 Å². The standard InChI is InChI=1S/C15H17N3O4/c1-9-16-15(17-22-9)18-5-4-11(12(19)7-18)10-2-3-13-14(6-10)21-8-20-13/h2-3,6,11-12,19H,4-5,7-8H2,1H3/t11-,12+/m0/s1. The fourth-order valence-electron chi connectivity index (χ4n) is 3.06. The van der Waals surface area contributed by atoms with Gasteiger partial charge in [-0.2, -0.15) is 4.98 Å². The average molecular weight is 303 g/mol. The second-order valence-electron chi connectivity index (χ2n) is 5.63. The molecular weight excluding hydrogens is 286 g/mol. The minimum atomic E-state index is -0.493. The van der Waals surface area contributed by atoms with E-state index in [1.807, 2.05) is 23.1 Å². The number of β-amino-alcohol motifs (C(OH)–C–C–N with tert-alkyl or cyclic N) is 1. The van der Waals surface area contributed by atoms with E-state index in [1.165, 1.54) is 0 Å². The molecule has 0 amide bonds. The first kappa shape index (κ1) is 13.4. The zero-order valence-corrected chi connectivity index (χ0v) is 12.2. The Kier molecular flexibility index (Phi) is 3.15. The van der Waals surface area contributed by atoms with E-state index in [1.54, 1.807) is 6.92 Å². The molecule has 7 heteroatoms. The lowest BCUT2D eigenvalue weighted by Crippen LogP contribution is -2.43. The van der Waals surface area contributed by atoms with Gasteiger partial charge in [-0.3, -0.25) is 0 Å². The molecule has 7 nitrogen and oxygen atoms in total. The Bertz CT molecular complexity index is 687. The molecule has 22 heavy (non-hydrogen) atoms. The van der Waals surface area contributed by atoms with Crippen LogP contribution in [0.5, 0.6) is 11.5 Å². The molecule has 1 aromatic heterocycles. The molecule has 1 N–H and O–H groups in total. The maximum atomic E-state index is 10.5. The van der Waals surface area contributed by atoms with Gasteiger partial charge in [0.25, 0.3) is 5.95 Å². The number of hydrogen-bond donors (Lipinski definition) is 1. The molecule has 0 bridgehead atoms. The highest BCUT2D eigenvalue weighted by Crippen LogP contribution is 2.37. The number of anilines is 1. The summed E-state index contributed by atoms with van der Waals surface area (Å²) in [6.45, 7) is 3.27. The van der Waals surface area contributed by atoms with Gasteiger partial charge in [0.1, 0.15) is 0 Å². The number of rotatable bonds is 2. The first-order valence-electron chi connectivity index (χ1n) is 7.33. The second-order valence-corrected chi connectivity index (χ2v) is 5.63. The quantitative estimate of drug-likeness (QED) is 0.899. The van der Waals surface area contributed by atoms with Gasteiger partial charge >= 0.3 is 0 Å². The average Bonchev–Trinajstić information content (AvgIpc) is 3.15. The smallest absolute Gasteiger partial charge is 0.266 e. The molecule has 2 aromatic rings. The number of aliphatic hydroxyl groups is 1. The normalized spacial score (nSPS) is 23.8. The largest absolute Gasteiger partial charge is 0.454 e. The van der Waals surface area contributed by atoms with Crippen molar-refractivity contribution in [2.45, 2.75) is 25.4 Å². The number of piperidine rings is 1. The zero-order chi connectivity index (χ0) is 15.1. The lowest BCUT2D eigenvalue weighted by atomic mass is 9.87. The number of aromatic nitrogens is 2. The van der Waals surface area contributed by atoms with E-state index in [2.05, 4.69) is 10.1 Å². The van der Waals surface area contributed by atoms with Gasteiger partial charge in [-0.25, -0.2) is 0 Å². The predicted molar refractivity (Wildman–Crippen MR) is 77.2 cm³/mol. The number of fused-ring (bicyclic) bond motifs is 1. The summed E-state index contributed by atoms with van der Waals surface area (Å²) in [5.74, 6) is 2.65. The highest BCUT2D eigenvalue weighted by atomic mass is 16.7. The monoisotopic (exact) mass is 303 g/mol. The van der Waals surface area contributed by atoms with Gasteiger partial charge in [-0.05, 0) is 29.3 Å². The van der Waals surface area contributed by atoms with E-state index in [4.69, 9.17) is 14.0 Å². The van der Waals surface area contributed by atoms with E-state index >= 15 is 0 Å². The molecule has 0 aliphatic carbocycles. The third-order valence-electron chi connectivity index (χ3n) is 4.21. The van der Waals surface area contributed by atoms with Crippen LogP contribution < -0.4 is 14.4 Å². The van der Waals surface area contributed by atoms with E-state index in [0.29, 0.717) is 18.4 Å². The Morgan fingerprint density at radius 1 is 1.27 bits per heavy atom. The molecule has 116 valence electrons. The number of aliphatic hydroxyl groups excluding tert-OH is 1. The summed E-state index contributed by atoms with van der Waals surface area (Å²) >= 11 is 0. The van der Waals surface area contributed by atoms with Crippen LogP contribution in [0, 0.1) is 6.92 Å². The Balaban J connectivity index is 1.51. The van der Waals surface area contributed by atoms with Crippen molar-refractivity contribution in [3.05, 3.63) is 29.7 Å². The van der Waals surface area contributed by atoms with Crippen LogP contribution in [0.1, 0.15) is 23.8 Å². The van der Waals surface area contributed by atoms with Crippen LogP contribution in [-0.4, -0.2) is 41.2 Å². The lowest BCUT2D eigenvalue weighted by molar-refractivity contribution is 0.129. The summed E-state index contributed by atoms with van der Waals surface area (Å²) in [4.78, 5) is 6.16. The Morgan fingerprint density at radius 3 is 2.91 bits per heavy atom. The Labute approximate surface area is 127 Å². The van der Waals surface area contributed by atoms with Gasteiger partial charge in [-0.1, -0.05) is 6.07 Å². The van der Waals surface area contributed by atoms with Crippen molar-refractivity contribution in [2.75, 3.05) is 24.8 Å².